The van der Waals surface area contributed by atoms with E-state index in [4.69, 9.17) is 0 Å². The minimum atomic E-state index is -4.70. The number of hydrogen-bond donors (Lipinski definition) is 1. The molecule has 3 nitrogen and oxygen atoms in total. The van der Waals surface area contributed by atoms with E-state index in [1.54, 1.807) is 6.07 Å². The first-order valence-electron chi connectivity index (χ1n) is 4.03. The molecule has 1 amide bonds. The standard InChI is InChI=1S/C9H8F3NO2/c10-9(11,12)15-8-3-1-2-7(4-8)5-13-6-14/h1-4,6H,5H2,(H,13,14). The summed E-state index contributed by atoms with van der Waals surface area (Å²) in [5.74, 6) is -0.298. The topological polar surface area (TPSA) is 38.3 Å². The van der Waals surface area contributed by atoms with Crippen molar-refractivity contribution in [3.8, 4) is 5.75 Å². The maximum absolute atomic E-state index is 11.8. The molecule has 1 N–H and O–H groups in total. The van der Waals surface area contributed by atoms with Crippen LogP contribution in [0.1, 0.15) is 5.56 Å². The summed E-state index contributed by atoms with van der Waals surface area (Å²) >= 11 is 0. The van der Waals surface area contributed by atoms with Gasteiger partial charge in [0.1, 0.15) is 5.75 Å². The van der Waals surface area contributed by atoms with Gasteiger partial charge in [0, 0.05) is 6.54 Å². The Hall–Kier alpha value is -1.72. The van der Waals surface area contributed by atoms with E-state index in [0.717, 1.165) is 0 Å². The molecule has 1 aromatic rings. The Morgan fingerprint density at radius 3 is 2.73 bits per heavy atom. The van der Waals surface area contributed by atoms with Crippen LogP contribution in [0.2, 0.25) is 0 Å². The van der Waals surface area contributed by atoms with Crippen LogP contribution in [0.3, 0.4) is 0 Å². The van der Waals surface area contributed by atoms with Crippen molar-refractivity contribution in [3.05, 3.63) is 29.8 Å². The number of hydrogen-bond acceptors (Lipinski definition) is 2. The molecule has 0 aliphatic rings. The number of carbonyl (C=O) groups excluding carboxylic acids is 1. The number of nitrogens with one attached hydrogen (secondary N) is 1. The molecule has 6 heteroatoms. The van der Waals surface area contributed by atoms with Crippen molar-refractivity contribution in [1.29, 1.82) is 0 Å². The third-order valence-electron chi connectivity index (χ3n) is 1.52. The average molecular weight is 219 g/mol. The summed E-state index contributed by atoms with van der Waals surface area (Å²) in [5.41, 5.74) is 0.531. The lowest BCUT2D eigenvalue weighted by Gasteiger charge is -2.09. The molecule has 0 bridgehead atoms. The van der Waals surface area contributed by atoms with Crippen molar-refractivity contribution in [2.24, 2.45) is 0 Å². The number of ether oxygens (including phenoxy) is 1. The lowest BCUT2D eigenvalue weighted by molar-refractivity contribution is -0.274. The molecule has 0 saturated heterocycles. The fraction of sp³-hybridized carbons (Fsp3) is 0.222. The molecule has 1 aromatic carbocycles. The molecule has 0 fully saturated rings. The Morgan fingerprint density at radius 2 is 2.13 bits per heavy atom. The van der Waals surface area contributed by atoms with Gasteiger partial charge in [0.25, 0.3) is 0 Å². The predicted molar refractivity (Wildman–Crippen MR) is 46.0 cm³/mol. The predicted octanol–water partition coefficient (Wildman–Crippen LogP) is 1.83. The zero-order valence-corrected chi connectivity index (χ0v) is 7.54. The van der Waals surface area contributed by atoms with Crippen molar-refractivity contribution < 1.29 is 22.7 Å². The Morgan fingerprint density at radius 1 is 1.40 bits per heavy atom. The molecular formula is C9H8F3NO2. The van der Waals surface area contributed by atoms with Gasteiger partial charge in [-0.25, -0.2) is 0 Å². The average Bonchev–Trinajstić information content (AvgIpc) is 2.12. The number of amides is 1. The highest BCUT2D eigenvalue weighted by Crippen LogP contribution is 2.23. The van der Waals surface area contributed by atoms with Gasteiger partial charge >= 0.3 is 6.36 Å². The second kappa shape index (κ2) is 4.68. The molecule has 0 heterocycles. The van der Waals surface area contributed by atoms with E-state index in [9.17, 15) is 18.0 Å². The van der Waals surface area contributed by atoms with Gasteiger partial charge in [-0.15, -0.1) is 13.2 Å². The molecule has 0 unspecified atom stereocenters. The van der Waals surface area contributed by atoms with Crippen LogP contribution in [0.5, 0.6) is 5.75 Å². The highest BCUT2D eigenvalue weighted by atomic mass is 19.4. The summed E-state index contributed by atoms with van der Waals surface area (Å²) in [7, 11) is 0. The van der Waals surface area contributed by atoms with Crippen molar-refractivity contribution in [1.82, 2.24) is 5.32 Å². The maximum atomic E-state index is 11.8. The SMILES string of the molecule is O=CNCc1cccc(OC(F)(F)F)c1. The van der Waals surface area contributed by atoms with Crippen molar-refractivity contribution in [2.75, 3.05) is 0 Å². The molecule has 1 rings (SSSR count). The summed E-state index contributed by atoms with van der Waals surface area (Å²) in [5, 5.41) is 2.34. The van der Waals surface area contributed by atoms with Crippen molar-refractivity contribution in [2.45, 2.75) is 12.9 Å². The highest BCUT2D eigenvalue weighted by Gasteiger charge is 2.30. The second-order valence-electron chi connectivity index (χ2n) is 2.69. The van der Waals surface area contributed by atoms with Gasteiger partial charge in [-0.1, -0.05) is 12.1 Å². The molecule has 0 radical (unpaired) electrons. The van der Waals surface area contributed by atoms with Crippen LogP contribution >= 0.6 is 0 Å². The molecule has 0 atom stereocenters. The zero-order chi connectivity index (χ0) is 11.3. The summed E-state index contributed by atoms with van der Waals surface area (Å²) in [6.07, 6.45) is -4.23. The minimum Gasteiger partial charge on any atom is -0.406 e. The Kier molecular flexibility index (Phi) is 3.54. The normalized spacial score (nSPS) is 10.9. The minimum absolute atomic E-state index is 0.165. The monoisotopic (exact) mass is 219 g/mol. The summed E-state index contributed by atoms with van der Waals surface area (Å²) < 4.78 is 39.2. The summed E-state index contributed by atoms with van der Waals surface area (Å²) in [6.45, 7) is 0.165. The van der Waals surface area contributed by atoms with E-state index < -0.39 is 6.36 Å². The first-order valence-corrected chi connectivity index (χ1v) is 4.03. The van der Waals surface area contributed by atoms with Crippen LogP contribution in [-0.4, -0.2) is 12.8 Å². The molecule has 15 heavy (non-hydrogen) atoms. The Balaban J connectivity index is 2.69. The first kappa shape index (κ1) is 11.4. The lowest BCUT2D eigenvalue weighted by Crippen LogP contribution is -2.17. The largest absolute Gasteiger partial charge is 0.573 e. The van der Waals surface area contributed by atoms with Gasteiger partial charge in [-0.2, -0.15) is 0 Å². The van der Waals surface area contributed by atoms with E-state index in [0.29, 0.717) is 12.0 Å². The van der Waals surface area contributed by atoms with Crippen molar-refractivity contribution in [3.63, 3.8) is 0 Å². The Bertz CT molecular complexity index is 338. The third-order valence-corrected chi connectivity index (χ3v) is 1.52. The second-order valence-corrected chi connectivity index (χ2v) is 2.69. The summed E-state index contributed by atoms with van der Waals surface area (Å²) in [4.78, 5) is 9.97. The zero-order valence-electron chi connectivity index (χ0n) is 7.54. The third kappa shape index (κ3) is 4.35. The number of alkyl halides is 3. The van der Waals surface area contributed by atoms with Crippen LogP contribution in [0, 0.1) is 0 Å². The van der Waals surface area contributed by atoms with E-state index in [2.05, 4.69) is 10.1 Å². The van der Waals surface area contributed by atoms with Gasteiger partial charge in [-0.3, -0.25) is 4.79 Å². The number of rotatable bonds is 4. The quantitative estimate of drug-likeness (QED) is 0.784. The fourth-order valence-electron chi connectivity index (χ4n) is 1.01. The van der Waals surface area contributed by atoms with E-state index in [1.165, 1.54) is 18.2 Å². The highest BCUT2D eigenvalue weighted by molar-refractivity contribution is 5.46. The molecule has 0 aromatic heterocycles. The molecule has 0 aliphatic heterocycles. The molecule has 0 saturated carbocycles. The van der Waals surface area contributed by atoms with Crippen LogP contribution < -0.4 is 10.1 Å². The van der Waals surface area contributed by atoms with Gasteiger partial charge in [0.15, 0.2) is 0 Å². The molecule has 82 valence electrons. The molecular weight excluding hydrogens is 211 g/mol. The summed E-state index contributed by atoms with van der Waals surface area (Å²) in [6, 6.07) is 5.41. The Labute approximate surface area is 83.8 Å². The van der Waals surface area contributed by atoms with Crippen LogP contribution in [-0.2, 0) is 11.3 Å². The van der Waals surface area contributed by atoms with Gasteiger partial charge in [-0.05, 0) is 17.7 Å². The molecule has 0 spiro atoms. The van der Waals surface area contributed by atoms with Crippen molar-refractivity contribution >= 4 is 6.41 Å². The van der Waals surface area contributed by atoms with Crippen LogP contribution in [0.4, 0.5) is 13.2 Å². The van der Waals surface area contributed by atoms with Gasteiger partial charge < -0.3 is 10.1 Å². The van der Waals surface area contributed by atoms with E-state index in [1.807, 2.05) is 0 Å². The van der Waals surface area contributed by atoms with Gasteiger partial charge in [0.2, 0.25) is 6.41 Å². The lowest BCUT2D eigenvalue weighted by atomic mass is 10.2. The fourth-order valence-corrected chi connectivity index (χ4v) is 1.01. The number of halogens is 3. The van der Waals surface area contributed by atoms with Gasteiger partial charge in [0.05, 0.1) is 0 Å². The number of carbonyl (C=O) groups is 1. The number of benzene rings is 1. The molecule has 0 aliphatic carbocycles. The van der Waals surface area contributed by atoms with Crippen LogP contribution in [0.15, 0.2) is 24.3 Å². The maximum Gasteiger partial charge on any atom is 0.573 e. The van der Waals surface area contributed by atoms with Crippen LogP contribution in [0.25, 0.3) is 0 Å². The smallest absolute Gasteiger partial charge is 0.406 e. The van der Waals surface area contributed by atoms with E-state index >= 15 is 0 Å². The van der Waals surface area contributed by atoms with E-state index in [-0.39, 0.29) is 12.3 Å². The first-order chi connectivity index (χ1) is 7.01.